The van der Waals surface area contributed by atoms with Crippen molar-refractivity contribution < 1.29 is 23.4 Å². The van der Waals surface area contributed by atoms with Crippen LogP contribution in [0.2, 0.25) is 0 Å². The fourth-order valence-corrected chi connectivity index (χ4v) is 1.80. The quantitative estimate of drug-likeness (QED) is 0.790. The Kier molecular flexibility index (Phi) is 3.17. The Morgan fingerprint density at radius 2 is 2.36 bits per heavy atom. The highest BCUT2D eigenvalue weighted by Crippen LogP contribution is 2.33. The Labute approximate surface area is 82.9 Å². The fraction of sp³-hybridized carbons (Fsp3) is 0.375. The number of hydrogen-bond acceptors (Lipinski definition) is 4. The molecule has 0 aliphatic carbocycles. The lowest BCUT2D eigenvalue weighted by atomic mass is 10.1. The van der Waals surface area contributed by atoms with E-state index < -0.39 is 24.1 Å². The van der Waals surface area contributed by atoms with Gasteiger partial charge in [0.05, 0.1) is 7.11 Å². The fourth-order valence-electron chi connectivity index (χ4n) is 0.933. The summed E-state index contributed by atoms with van der Waals surface area (Å²) in [4.78, 5) is 10.9. The molecule has 0 aliphatic heterocycles. The first-order chi connectivity index (χ1) is 6.53. The van der Waals surface area contributed by atoms with Crippen molar-refractivity contribution >= 4 is 17.3 Å². The molecule has 1 N–H and O–H groups in total. The number of methoxy groups -OCH3 is 1. The number of hydrogen-bond donors (Lipinski definition) is 1. The van der Waals surface area contributed by atoms with Crippen LogP contribution in [0.5, 0.6) is 0 Å². The minimum atomic E-state index is -3.40. The van der Waals surface area contributed by atoms with E-state index in [0.717, 1.165) is 24.5 Å². The van der Waals surface area contributed by atoms with Crippen molar-refractivity contribution in [2.24, 2.45) is 0 Å². The molecule has 0 amide bonds. The van der Waals surface area contributed by atoms with E-state index in [-0.39, 0.29) is 4.88 Å². The maximum absolute atomic E-state index is 13.0. The minimum absolute atomic E-state index is 0.174. The monoisotopic (exact) mass is 222 g/mol. The average molecular weight is 222 g/mol. The van der Waals surface area contributed by atoms with E-state index >= 15 is 0 Å². The van der Waals surface area contributed by atoms with Crippen LogP contribution in [0, 0.1) is 0 Å². The third-order valence-corrected chi connectivity index (χ3v) is 2.52. The zero-order valence-electron chi connectivity index (χ0n) is 7.29. The summed E-state index contributed by atoms with van der Waals surface area (Å²) in [6.07, 6.45) is 0. The second-order valence-electron chi connectivity index (χ2n) is 2.52. The van der Waals surface area contributed by atoms with Gasteiger partial charge in [-0.15, -0.1) is 11.3 Å². The van der Waals surface area contributed by atoms with E-state index in [1.54, 1.807) is 0 Å². The van der Waals surface area contributed by atoms with Gasteiger partial charge in [0.15, 0.2) is 0 Å². The van der Waals surface area contributed by atoms with Crippen LogP contribution >= 0.6 is 11.3 Å². The normalized spacial score (nSPS) is 11.4. The molecule has 14 heavy (non-hydrogen) atoms. The van der Waals surface area contributed by atoms with Gasteiger partial charge >= 0.3 is 5.97 Å². The zero-order valence-corrected chi connectivity index (χ0v) is 8.11. The molecule has 0 fully saturated rings. The van der Waals surface area contributed by atoms with Gasteiger partial charge in [-0.2, -0.15) is 8.78 Å². The molecular formula is C8H8F2O3S. The van der Waals surface area contributed by atoms with Crippen LogP contribution in [0.3, 0.4) is 0 Å². The second-order valence-corrected chi connectivity index (χ2v) is 3.43. The summed E-state index contributed by atoms with van der Waals surface area (Å²) < 4.78 is 30.4. The number of esters is 1. The molecular weight excluding hydrogens is 214 g/mol. The SMILES string of the molecule is COC(=O)c1sccc1C(F)(F)CO. The lowest BCUT2D eigenvalue weighted by Crippen LogP contribution is -2.20. The predicted octanol–water partition coefficient (Wildman–Crippen LogP) is 1.62. The van der Waals surface area contributed by atoms with Crippen LogP contribution in [0.4, 0.5) is 8.78 Å². The van der Waals surface area contributed by atoms with Crippen molar-refractivity contribution in [3.63, 3.8) is 0 Å². The highest BCUT2D eigenvalue weighted by molar-refractivity contribution is 7.12. The maximum atomic E-state index is 13.0. The van der Waals surface area contributed by atoms with E-state index in [0.29, 0.717) is 0 Å². The zero-order chi connectivity index (χ0) is 10.8. The number of rotatable bonds is 3. The Morgan fingerprint density at radius 1 is 1.71 bits per heavy atom. The summed E-state index contributed by atoms with van der Waals surface area (Å²) in [7, 11) is 1.11. The summed E-state index contributed by atoms with van der Waals surface area (Å²) in [5.74, 6) is -4.22. The Balaban J connectivity index is 3.10. The Bertz CT molecular complexity index is 335. The third kappa shape index (κ3) is 1.91. The van der Waals surface area contributed by atoms with Crippen LogP contribution in [-0.2, 0) is 10.7 Å². The Hall–Kier alpha value is -1.01. The second kappa shape index (κ2) is 4.02. The molecule has 0 spiro atoms. The van der Waals surface area contributed by atoms with Gasteiger partial charge in [0.25, 0.3) is 5.92 Å². The van der Waals surface area contributed by atoms with Crippen molar-refractivity contribution in [3.05, 3.63) is 21.9 Å². The van der Waals surface area contributed by atoms with Gasteiger partial charge in [-0.25, -0.2) is 4.79 Å². The van der Waals surface area contributed by atoms with Crippen LogP contribution in [0.15, 0.2) is 11.4 Å². The molecule has 0 atom stereocenters. The lowest BCUT2D eigenvalue weighted by molar-refractivity contribution is -0.0560. The molecule has 0 saturated carbocycles. The first-order valence-electron chi connectivity index (χ1n) is 3.68. The Morgan fingerprint density at radius 3 is 2.86 bits per heavy atom. The van der Waals surface area contributed by atoms with Gasteiger partial charge < -0.3 is 9.84 Å². The smallest absolute Gasteiger partial charge is 0.348 e. The van der Waals surface area contributed by atoms with E-state index in [2.05, 4.69) is 4.74 Å². The van der Waals surface area contributed by atoms with E-state index in [1.807, 2.05) is 0 Å². The number of aliphatic hydroxyl groups is 1. The number of ether oxygens (including phenoxy) is 1. The van der Waals surface area contributed by atoms with Crippen LogP contribution in [0.1, 0.15) is 15.2 Å². The third-order valence-electron chi connectivity index (χ3n) is 1.63. The van der Waals surface area contributed by atoms with Gasteiger partial charge in [0, 0.05) is 5.56 Å². The van der Waals surface area contributed by atoms with Gasteiger partial charge in [0.1, 0.15) is 11.5 Å². The molecule has 0 aromatic carbocycles. The highest BCUT2D eigenvalue weighted by atomic mass is 32.1. The van der Waals surface area contributed by atoms with Gasteiger partial charge in [-0.1, -0.05) is 0 Å². The first kappa shape index (κ1) is 11.1. The van der Waals surface area contributed by atoms with Crippen LogP contribution < -0.4 is 0 Å². The molecule has 78 valence electrons. The van der Waals surface area contributed by atoms with Crippen LogP contribution in [-0.4, -0.2) is 24.8 Å². The van der Waals surface area contributed by atoms with Crippen molar-refractivity contribution in [3.8, 4) is 0 Å². The molecule has 1 aromatic heterocycles. The topological polar surface area (TPSA) is 46.5 Å². The van der Waals surface area contributed by atoms with Gasteiger partial charge in [-0.05, 0) is 11.4 Å². The lowest BCUT2D eigenvalue weighted by Gasteiger charge is -2.12. The molecule has 1 aromatic rings. The summed E-state index contributed by atoms with van der Waals surface area (Å²) in [5, 5.41) is 9.80. The molecule has 0 aliphatic rings. The molecule has 1 heterocycles. The first-order valence-corrected chi connectivity index (χ1v) is 4.56. The number of alkyl halides is 2. The molecule has 1 rings (SSSR count). The number of carbonyl (C=O) groups excluding carboxylic acids is 1. The molecule has 0 unspecified atom stereocenters. The number of carbonyl (C=O) groups is 1. The summed E-state index contributed by atoms with van der Waals surface area (Å²) in [6.45, 7) is -1.33. The van der Waals surface area contributed by atoms with Crippen LogP contribution in [0.25, 0.3) is 0 Å². The number of thiophene rings is 1. The molecule has 3 nitrogen and oxygen atoms in total. The standard InChI is InChI=1S/C8H8F2O3S/c1-13-7(12)6-5(2-3-14-6)8(9,10)4-11/h2-3,11H,4H2,1H3. The average Bonchev–Trinajstić information content (AvgIpc) is 2.65. The van der Waals surface area contributed by atoms with Crippen molar-refractivity contribution in [1.29, 1.82) is 0 Å². The number of aliphatic hydroxyl groups excluding tert-OH is 1. The van der Waals surface area contributed by atoms with Crippen molar-refractivity contribution in [2.45, 2.75) is 5.92 Å². The highest BCUT2D eigenvalue weighted by Gasteiger charge is 2.36. The van der Waals surface area contributed by atoms with E-state index in [4.69, 9.17) is 5.11 Å². The van der Waals surface area contributed by atoms with Crippen molar-refractivity contribution in [2.75, 3.05) is 13.7 Å². The number of halogens is 2. The summed E-state index contributed by atoms with van der Waals surface area (Å²) in [5.41, 5.74) is -0.489. The molecule has 0 radical (unpaired) electrons. The molecule has 6 heteroatoms. The predicted molar refractivity (Wildman–Crippen MR) is 46.6 cm³/mol. The maximum Gasteiger partial charge on any atom is 0.348 e. The van der Waals surface area contributed by atoms with Gasteiger partial charge in [-0.3, -0.25) is 0 Å². The summed E-state index contributed by atoms with van der Waals surface area (Å²) >= 11 is 0.859. The largest absolute Gasteiger partial charge is 0.465 e. The molecule has 0 saturated heterocycles. The van der Waals surface area contributed by atoms with Gasteiger partial charge in [0.2, 0.25) is 0 Å². The molecule has 0 bridgehead atoms. The summed E-state index contributed by atoms with van der Waals surface area (Å²) in [6, 6.07) is 1.10. The van der Waals surface area contributed by atoms with Crippen molar-refractivity contribution in [1.82, 2.24) is 0 Å². The van der Waals surface area contributed by atoms with E-state index in [9.17, 15) is 13.6 Å². The van der Waals surface area contributed by atoms with E-state index in [1.165, 1.54) is 5.38 Å². The minimum Gasteiger partial charge on any atom is -0.465 e.